The van der Waals surface area contributed by atoms with Crippen LogP contribution in [0.5, 0.6) is 5.75 Å². The number of hydrogen-bond acceptors (Lipinski definition) is 3. The predicted molar refractivity (Wildman–Crippen MR) is 67.8 cm³/mol. The van der Waals surface area contributed by atoms with Gasteiger partial charge in [-0.1, -0.05) is 6.07 Å². The molecule has 84 valence electrons. The van der Waals surface area contributed by atoms with E-state index < -0.39 is 0 Å². The summed E-state index contributed by atoms with van der Waals surface area (Å²) in [5.41, 5.74) is 9.70. The van der Waals surface area contributed by atoms with Gasteiger partial charge in [-0.15, -0.1) is 0 Å². The van der Waals surface area contributed by atoms with Crippen molar-refractivity contribution in [3.63, 3.8) is 0 Å². The van der Waals surface area contributed by atoms with Gasteiger partial charge in [-0.3, -0.25) is 0 Å². The zero-order chi connectivity index (χ0) is 11.4. The molecule has 0 amide bonds. The van der Waals surface area contributed by atoms with Gasteiger partial charge in [0, 0.05) is 17.4 Å². The number of nitrogens with two attached hydrogens (primary N) is 1. The molecule has 2 N–H and O–H groups in total. The molecule has 1 unspecified atom stereocenters. The van der Waals surface area contributed by atoms with Crippen LogP contribution in [0.2, 0.25) is 0 Å². The van der Waals surface area contributed by atoms with Crippen LogP contribution in [0, 0.1) is 13.8 Å². The van der Waals surface area contributed by atoms with Crippen LogP contribution >= 0.6 is 11.8 Å². The summed E-state index contributed by atoms with van der Waals surface area (Å²) in [7, 11) is 1.70. The molecule has 1 atom stereocenters. The van der Waals surface area contributed by atoms with Crippen molar-refractivity contribution in [2.45, 2.75) is 19.9 Å². The van der Waals surface area contributed by atoms with Crippen LogP contribution in [0.4, 0.5) is 0 Å². The molecule has 1 rings (SSSR count). The van der Waals surface area contributed by atoms with Gasteiger partial charge in [0.1, 0.15) is 5.75 Å². The van der Waals surface area contributed by atoms with E-state index in [1.807, 2.05) is 6.07 Å². The third kappa shape index (κ3) is 2.89. The van der Waals surface area contributed by atoms with E-state index >= 15 is 0 Å². The molecule has 0 aliphatic carbocycles. The van der Waals surface area contributed by atoms with E-state index in [-0.39, 0.29) is 6.04 Å². The summed E-state index contributed by atoms with van der Waals surface area (Å²) in [6.45, 7) is 4.16. The minimum Gasteiger partial charge on any atom is -0.496 e. The number of thioether (sulfide) groups is 1. The lowest BCUT2D eigenvalue weighted by Gasteiger charge is -2.18. The molecule has 0 fully saturated rings. The number of methoxy groups -OCH3 is 1. The molecule has 0 aliphatic heterocycles. The van der Waals surface area contributed by atoms with Gasteiger partial charge in [0.25, 0.3) is 0 Å². The van der Waals surface area contributed by atoms with Crippen LogP contribution in [-0.4, -0.2) is 19.1 Å². The second kappa shape index (κ2) is 5.42. The van der Waals surface area contributed by atoms with Crippen LogP contribution in [0.25, 0.3) is 0 Å². The van der Waals surface area contributed by atoms with Gasteiger partial charge in [-0.05, 0) is 37.3 Å². The maximum Gasteiger partial charge on any atom is 0.124 e. The van der Waals surface area contributed by atoms with Gasteiger partial charge < -0.3 is 10.5 Å². The van der Waals surface area contributed by atoms with Crippen LogP contribution < -0.4 is 10.5 Å². The fourth-order valence-corrected chi connectivity index (χ4v) is 2.37. The van der Waals surface area contributed by atoms with Crippen LogP contribution in [0.15, 0.2) is 12.1 Å². The van der Waals surface area contributed by atoms with E-state index in [2.05, 4.69) is 26.2 Å². The van der Waals surface area contributed by atoms with Crippen LogP contribution in [-0.2, 0) is 0 Å². The van der Waals surface area contributed by atoms with Crippen molar-refractivity contribution >= 4 is 11.8 Å². The summed E-state index contributed by atoms with van der Waals surface area (Å²) in [6.07, 6.45) is 2.07. The Morgan fingerprint density at radius 2 is 2.07 bits per heavy atom. The number of aryl methyl sites for hydroxylation is 2. The Morgan fingerprint density at radius 1 is 1.40 bits per heavy atom. The molecule has 2 nitrogen and oxygen atoms in total. The van der Waals surface area contributed by atoms with Crippen molar-refractivity contribution in [3.05, 3.63) is 28.8 Å². The first kappa shape index (κ1) is 12.4. The van der Waals surface area contributed by atoms with Gasteiger partial charge in [-0.25, -0.2) is 0 Å². The maximum absolute atomic E-state index is 6.13. The van der Waals surface area contributed by atoms with Gasteiger partial charge in [0.2, 0.25) is 0 Å². The summed E-state index contributed by atoms with van der Waals surface area (Å²) in [6, 6.07) is 4.25. The topological polar surface area (TPSA) is 35.2 Å². The highest BCUT2D eigenvalue weighted by molar-refractivity contribution is 7.98. The van der Waals surface area contributed by atoms with Crippen molar-refractivity contribution in [1.29, 1.82) is 0 Å². The summed E-state index contributed by atoms with van der Waals surface area (Å²) in [4.78, 5) is 0. The van der Waals surface area contributed by atoms with Gasteiger partial charge in [0.05, 0.1) is 7.11 Å². The number of hydrogen-bond donors (Lipinski definition) is 1. The monoisotopic (exact) mass is 225 g/mol. The molecule has 0 saturated carbocycles. The lowest BCUT2D eigenvalue weighted by atomic mass is 9.99. The summed E-state index contributed by atoms with van der Waals surface area (Å²) < 4.78 is 5.39. The molecule has 0 spiro atoms. The highest BCUT2D eigenvalue weighted by Gasteiger charge is 2.14. The van der Waals surface area contributed by atoms with Gasteiger partial charge in [0.15, 0.2) is 0 Å². The Hall–Kier alpha value is -0.670. The fraction of sp³-hybridized carbons (Fsp3) is 0.500. The SMILES string of the molecule is COc1cc(C)cc(C)c1C(N)CSC. The van der Waals surface area contributed by atoms with E-state index in [0.29, 0.717) is 0 Å². The molecule has 1 aromatic rings. The van der Waals surface area contributed by atoms with Crippen molar-refractivity contribution < 1.29 is 4.74 Å². The first-order valence-corrected chi connectivity index (χ1v) is 6.39. The quantitative estimate of drug-likeness (QED) is 0.855. The highest BCUT2D eigenvalue weighted by Crippen LogP contribution is 2.30. The molecule has 3 heteroatoms. The zero-order valence-electron chi connectivity index (χ0n) is 9.83. The molecular formula is C12H19NOS. The Labute approximate surface area is 96.2 Å². The smallest absolute Gasteiger partial charge is 0.124 e. The largest absolute Gasteiger partial charge is 0.496 e. The number of ether oxygens (including phenoxy) is 1. The lowest BCUT2D eigenvalue weighted by Crippen LogP contribution is -2.15. The Bertz CT molecular complexity index is 339. The Morgan fingerprint density at radius 3 is 2.60 bits per heavy atom. The fourth-order valence-electron chi connectivity index (χ4n) is 1.85. The van der Waals surface area contributed by atoms with E-state index in [4.69, 9.17) is 10.5 Å². The normalized spacial score (nSPS) is 12.6. The molecule has 15 heavy (non-hydrogen) atoms. The van der Waals surface area contributed by atoms with E-state index in [1.54, 1.807) is 18.9 Å². The maximum atomic E-state index is 6.13. The first-order chi connectivity index (χ1) is 7.10. The van der Waals surface area contributed by atoms with Crippen molar-refractivity contribution in [2.24, 2.45) is 5.73 Å². The third-order valence-corrected chi connectivity index (χ3v) is 3.12. The summed E-state index contributed by atoms with van der Waals surface area (Å²) >= 11 is 1.76. The minimum atomic E-state index is 0.0514. The van der Waals surface area contributed by atoms with Gasteiger partial charge >= 0.3 is 0 Å². The molecule has 0 heterocycles. The molecule has 0 bridgehead atoms. The number of rotatable bonds is 4. The average Bonchev–Trinajstić information content (AvgIpc) is 2.16. The molecule has 0 radical (unpaired) electrons. The minimum absolute atomic E-state index is 0.0514. The van der Waals surface area contributed by atoms with E-state index in [0.717, 1.165) is 17.1 Å². The van der Waals surface area contributed by atoms with E-state index in [1.165, 1.54) is 11.1 Å². The Balaban J connectivity index is 3.14. The average molecular weight is 225 g/mol. The second-order valence-corrected chi connectivity index (χ2v) is 4.67. The highest BCUT2D eigenvalue weighted by atomic mass is 32.2. The van der Waals surface area contributed by atoms with Crippen molar-refractivity contribution in [2.75, 3.05) is 19.1 Å². The van der Waals surface area contributed by atoms with Crippen molar-refractivity contribution in [1.82, 2.24) is 0 Å². The van der Waals surface area contributed by atoms with Crippen LogP contribution in [0.3, 0.4) is 0 Å². The molecule has 1 aromatic carbocycles. The molecular weight excluding hydrogens is 206 g/mol. The lowest BCUT2D eigenvalue weighted by molar-refractivity contribution is 0.406. The molecule has 0 aromatic heterocycles. The zero-order valence-corrected chi connectivity index (χ0v) is 10.6. The first-order valence-electron chi connectivity index (χ1n) is 4.99. The predicted octanol–water partition coefficient (Wildman–Crippen LogP) is 2.67. The molecule has 0 aliphatic rings. The summed E-state index contributed by atoms with van der Waals surface area (Å²) in [5, 5.41) is 0. The number of benzene rings is 1. The summed E-state index contributed by atoms with van der Waals surface area (Å²) in [5.74, 6) is 1.83. The second-order valence-electron chi connectivity index (χ2n) is 3.76. The van der Waals surface area contributed by atoms with Crippen LogP contribution in [0.1, 0.15) is 22.7 Å². The van der Waals surface area contributed by atoms with E-state index in [9.17, 15) is 0 Å². The van der Waals surface area contributed by atoms with Crippen molar-refractivity contribution in [3.8, 4) is 5.75 Å². The Kier molecular flexibility index (Phi) is 4.48. The van der Waals surface area contributed by atoms with Gasteiger partial charge in [-0.2, -0.15) is 11.8 Å². The standard InChI is InChI=1S/C12H19NOS/c1-8-5-9(2)12(10(13)7-15-4)11(6-8)14-3/h5-6,10H,7,13H2,1-4H3. The molecule has 0 saturated heterocycles. The third-order valence-electron chi connectivity index (χ3n) is 2.43.